The number of benzene rings is 2. The number of carbonyl (C=O) groups is 1. The number of hydrogen-bond donors (Lipinski definition) is 1. The number of fused-ring (bicyclic) bond motifs is 1. The first-order valence-corrected chi connectivity index (χ1v) is 10.1. The first-order chi connectivity index (χ1) is 13.6. The molecule has 28 heavy (non-hydrogen) atoms. The lowest BCUT2D eigenvalue weighted by Gasteiger charge is -2.26. The fourth-order valence-electron chi connectivity index (χ4n) is 3.76. The summed E-state index contributed by atoms with van der Waals surface area (Å²) >= 11 is 3.56. The van der Waals surface area contributed by atoms with Gasteiger partial charge in [-0.25, -0.2) is 0 Å². The molecule has 6 heteroatoms. The number of halogens is 1. The molecule has 0 fully saturated rings. The number of aryl methyl sites for hydroxylation is 1. The number of nitrogens with zero attached hydrogens (tertiary/aromatic N) is 2. The molecule has 2 heterocycles. The summed E-state index contributed by atoms with van der Waals surface area (Å²) in [5.41, 5.74) is 5.63. The zero-order valence-corrected chi connectivity index (χ0v) is 17.5. The molecule has 0 radical (unpaired) electrons. The largest absolute Gasteiger partial charge is 0.385 e. The molecular formula is C22H22BrN3O2. The molecule has 1 atom stereocenters. The van der Waals surface area contributed by atoms with Crippen molar-refractivity contribution in [1.29, 1.82) is 0 Å². The van der Waals surface area contributed by atoms with Crippen LogP contribution in [0.2, 0.25) is 0 Å². The number of ether oxygens (including phenoxy) is 1. The van der Waals surface area contributed by atoms with E-state index in [9.17, 15) is 4.79 Å². The van der Waals surface area contributed by atoms with E-state index in [4.69, 9.17) is 4.74 Å². The third-order valence-corrected chi connectivity index (χ3v) is 5.59. The van der Waals surface area contributed by atoms with Gasteiger partial charge in [-0.3, -0.25) is 9.89 Å². The predicted octanol–water partition coefficient (Wildman–Crippen LogP) is 4.73. The van der Waals surface area contributed by atoms with E-state index in [-0.39, 0.29) is 11.9 Å². The molecule has 144 valence electrons. The Morgan fingerprint density at radius 1 is 1.21 bits per heavy atom. The van der Waals surface area contributed by atoms with Crippen molar-refractivity contribution in [2.45, 2.75) is 19.4 Å². The SMILES string of the molecule is COCCCN1C(=O)c2[nH]nc(-c3ccc(C)cc3)c2C1c1cccc(Br)c1. The lowest BCUT2D eigenvalue weighted by molar-refractivity contribution is 0.0723. The zero-order chi connectivity index (χ0) is 19.7. The fourth-order valence-corrected chi connectivity index (χ4v) is 4.18. The molecule has 3 aromatic rings. The van der Waals surface area contributed by atoms with E-state index in [0.29, 0.717) is 18.8 Å². The second-order valence-electron chi connectivity index (χ2n) is 7.03. The summed E-state index contributed by atoms with van der Waals surface area (Å²) in [5, 5.41) is 7.51. The molecule has 1 aliphatic rings. The Morgan fingerprint density at radius 2 is 2.00 bits per heavy atom. The van der Waals surface area contributed by atoms with Gasteiger partial charge in [0.1, 0.15) is 5.69 Å². The van der Waals surface area contributed by atoms with Crippen LogP contribution in [0, 0.1) is 6.92 Å². The van der Waals surface area contributed by atoms with Crippen molar-refractivity contribution in [3.63, 3.8) is 0 Å². The maximum atomic E-state index is 13.2. The van der Waals surface area contributed by atoms with Crippen molar-refractivity contribution in [3.8, 4) is 11.3 Å². The fraction of sp³-hybridized carbons (Fsp3) is 0.273. The summed E-state index contributed by atoms with van der Waals surface area (Å²) in [7, 11) is 1.68. The number of H-pyrrole nitrogens is 1. The monoisotopic (exact) mass is 439 g/mol. The second kappa shape index (κ2) is 7.89. The van der Waals surface area contributed by atoms with Crippen molar-refractivity contribution in [3.05, 3.63) is 75.4 Å². The van der Waals surface area contributed by atoms with Crippen molar-refractivity contribution < 1.29 is 9.53 Å². The minimum Gasteiger partial charge on any atom is -0.385 e. The Bertz CT molecular complexity index is 997. The predicted molar refractivity (Wildman–Crippen MR) is 112 cm³/mol. The third kappa shape index (κ3) is 3.38. The topological polar surface area (TPSA) is 58.2 Å². The minimum absolute atomic E-state index is 0.0121. The number of hydrogen-bond acceptors (Lipinski definition) is 3. The molecule has 0 spiro atoms. The van der Waals surface area contributed by atoms with E-state index in [2.05, 4.69) is 69.4 Å². The van der Waals surface area contributed by atoms with E-state index >= 15 is 0 Å². The molecule has 1 N–H and O–H groups in total. The standard InChI is InChI=1S/C22H22BrN3O2/c1-14-7-9-15(10-8-14)19-18-20(25-24-19)22(27)26(11-4-12-28-2)21(18)16-5-3-6-17(23)13-16/h3,5-10,13,21H,4,11-12H2,1-2H3,(H,24,25). The van der Waals surface area contributed by atoms with Crippen LogP contribution in [0.3, 0.4) is 0 Å². The van der Waals surface area contributed by atoms with Gasteiger partial charge in [0.2, 0.25) is 0 Å². The Morgan fingerprint density at radius 3 is 2.71 bits per heavy atom. The lowest BCUT2D eigenvalue weighted by Crippen LogP contribution is -2.31. The van der Waals surface area contributed by atoms with Gasteiger partial charge in [-0.2, -0.15) is 5.10 Å². The number of aromatic amines is 1. The van der Waals surface area contributed by atoms with Gasteiger partial charge in [-0.15, -0.1) is 0 Å². The third-order valence-electron chi connectivity index (χ3n) is 5.10. The molecule has 1 aliphatic heterocycles. The average molecular weight is 440 g/mol. The Labute approximate surface area is 172 Å². The summed E-state index contributed by atoms with van der Waals surface area (Å²) in [6, 6.07) is 16.2. The smallest absolute Gasteiger partial charge is 0.273 e. The normalized spacial score (nSPS) is 15.9. The first-order valence-electron chi connectivity index (χ1n) is 9.31. The van der Waals surface area contributed by atoms with E-state index in [0.717, 1.165) is 33.3 Å². The van der Waals surface area contributed by atoms with E-state index in [1.807, 2.05) is 17.0 Å². The van der Waals surface area contributed by atoms with Gasteiger partial charge in [0.15, 0.2) is 0 Å². The van der Waals surface area contributed by atoms with Gasteiger partial charge in [0, 0.05) is 35.9 Å². The van der Waals surface area contributed by atoms with Gasteiger partial charge >= 0.3 is 0 Å². The molecule has 5 nitrogen and oxygen atoms in total. The highest BCUT2D eigenvalue weighted by Crippen LogP contribution is 2.43. The molecule has 4 rings (SSSR count). The van der Waals surface area contributed by atoms with E-state index in [1.165, 1.54) is 5.56 Å². The highest BCUT2D eigenvalue weighted by Gasteiger charge is 2.41. The number of nitrogens with one attached hydrogen (secondary N) is 1. The molecule has 0 saturated carbocycles. The van der Waals surface area contributed by atoms with E-state index < -0.39 is 0 Å². The van der Waals surface area contributed by atoms with Gasteiger partial charge in [-0.05, 0) is 31.0 Å². The Kier molecular flexibility index (Phi) is 5.33. The molecular weight excluding hydrogens is 418 g/mol. The minimum atomic E-state index is -0.174. The average Bonchev–Trinajstić information content (AvgIpc) is 3.22. The summed E-state index contributed by atoms with van der Waals surface area (Å²) in [6.45, 7) is 3.30. The summed E-state index contributed by atoms with van der Waals surface area (Å²) < 4.78 is 6.18. The maximum absolute atomic E-state index is 13.2. The molecule has 1 aromatic heterocycles. The number of methoxy groups -OCH3 is 1. The number of aromatic nitrogens is 2. The van der Waals surface area contributed by atoms with E-state index in [1.54, 1.807) is 7.11 Å². The number of amides is 1. The van der Waals surface area contributed by atoms with Crippen LogP contribution in [0.5, 0.6) is 0 Å². The second-order valence-corrected chi connectivity index (χ2v) is 7.95. The number of rotatable bonds is 6. The quantitative estimate of drug-likeness (QED) is 0.564. The van der Waals surface area contributed by atoms with Gasteiger partial charge in [0.05, 0.1) is 11.7 Å². The van der Waals surface area contributed by atoms with Crippen LogP contribution in [0.25, 0.3) is 11.3 Å². The van der Waals surface area contributed by atoms with Gasteiger partial charge in [-0.1, -0.05) is 57.9 Å². The van der Waals surface area contributed by atoms with Gasteiger partial charge < -0.3 is 9.64 Å². The van der Waals surface area contributed by atoms with Crippen LogP contribution in [0.4, 0.5) is 0 Å². The summed E-state index contributed by atoms with van der Waals surface area (Å²) in [6.07, 6.45) is 0.782. The van der Waals surface area contributed by atoms with Crippen molar-refractivity contribution in [2.75, 3.05) is 20.3 Å². The lowest BCUT2D eigenvalue weighted by atomic mass is 9.96. The van der Waals surface area contributed by atoms with Crippen molar-refractivity contribution >= 4 is 21.8 Å². The Hall–Kier alpha value is -2.44. The van der Waals surface area contributed by atoms with Crippen LogP contribution in [-0.4, -0.2) is 41.3 Å². The van der Waals surface area contributed by atoms with Crippen LogP contribution < -0.4 is 0 Å². The van der Waals surface area contributed by atoms with Crippen LogP contribution in [0.1, 0.15) is 39.6 Å². The maximum Gasteiger partial charge on any atom is 0.273 e. The molecule has 0 saturated heterocycles. The zero-order valence-electron chi connectivity index (χ0n) is 15.9. The molecule has 0 aliphatic carbocycles. The molecule has 1 amide bonds. The highest BCUT2D eigenvalue weighted by atomic mass is 79.9. The van der Waals surface area contributed by atoms with Crippen LogP contribution >= 0.6 is 15.9 Å². The molecule has 2 aromatic carbocycles. The highest BCUT2D eigenvalue weighted by molar-refractivity contribution is 9.10. The molecule has 1 unspecified atom stereocenters. The van der Waals surface area contributed by atoms with Crippen molar-refractivity contribution in [1.82, 2.24) is 15.1 Å². The molecule has 0 bridgehead atoms. The summed E-state index contributed by atoms with van der Waals surface area (Å²) in [5.74, 6) is -0.0121. The number of carbonyl (C=O) groups excluding carboxylic acids is 1. The first kappa shape index (κ1) is 18.9. The Balaban J connectivity index is 1.82. The van der Waals surface area contributed by atoms with Gasteiger partial charge in [0.25, 0.3) is 5.91 Å². The summed E-state index contributed by atoms with van der Waals surface area (Å²) in [4.78, 5) is 15.1. The van der Waals surface area contributed by atoms with Crippen LogP contribution in [-0.2, 0) is 4.74 Å². The van der Waals surface area contributed by atoms with Crippen LogP contribution in [0.15, 0.2) is 53.0 Å². The van der Waals surface area contributed by atoms with Crippen molar-refractivity contribution in [2.24, 2.45) is 0 Å².